The van der Waals surface area contributed by atoms with E-state index < -0.39 is 5.24 Å². The number of benzene rings is 3. The van der Waals surface area contributed by atoms with E-state index in [1.807, 2.05) is 6.07 Å². The Morgan fingerprint density at radius 1 is 0.880 bits per heavy atom. The lowest BCUT2D eigenvalue weighted by molar-refractivity contribution is 0.102. The third-order valence-corrected chi connectivity index (χ3v) is 3.89. The first-order chi connectivity index (χ1) is 12.0. The standard InChI is InChI=1S/C20H13ClFNO2/c21-19(24)14-4-3-5-16(12-14)23-20(25)18-7-2-1-6-17(18)13-8-10-15(22)11-9-13/h1-12H,(H,23,25). The van der Waals surface area contributed by atoms with E-state index in [4.69, 9.17) is 11.6 Å². The highest BCUT2D eigenvalue weighted by molar-refractivity contribution is 6.67. The average molecular weight is 354 g/mol. The van der Waals surface area contributed by atoms with Crippen molar-refractivity contribution in [2.45, 2.75) is 0 Å². The van der Waals surface area contributed by atoms with Crippen LogP contribution in [0.15, 0.2) is 72.8 Å². The molecule has 0 fully saturated rings. The van der Waals surface area contributed by atoms with Gasteiger partial charge in [0.25, 0.3) is 11.1 Å². The van der Waals surface area contributed by atoms with E-state index in [0.717, 1.165) is 5.56 Å². The van der Waals surface area contributed by atoms with Gasteiger partial charge in [-0.3, -0.25) is 9.59 Å². The predicted octanol–water partition coefficient (Wildman–Crippen LogP) is 5.12. The van der Waals surface area contributed by atoms with Crippen LogP contribution < -0.4 is 5.32 Å². The first kappa shape index (κ1) is 16.9. The van der Waals surface area contributed by atoms with Crippen LogP contribution in [-0.2, 0) is 0 Å². The van der Waals surface area contributed by atoms with E-state index in [1.54, 1.807) is 48.5 Å². The summed E-state index contributed by atoms with van der Waals surface area (Å²) in [5.74, 6) is -0.674. The second kappa shape index (κ2) is 7.28. The fraction of sp³-hybridized carbons (Fsp3) is 0. The molecule has 0 unspecified atom stereocenters. The van der Waals surface area contributed by atoms with E-state index >= 15 is 0 Å². The van der Waals surface area contributed by atoms with Crippen molar-refractivity contribution in [2.24, 2.45) is 0 Å². The van der Waals surface area contributed by atoms with Crippen molar-refractivity contribution in [3.63, 3.8) is 0 Å². The van der Waals surface area contributed by atoms with Crippen LogP contribution >= 0.6 is 11.6 Å². The lowest BCUT2D eigenvalue weighted by atomic mass is 9.99. The number of amides is 1. The smallest absolute Gasteiger partial charge is 0.256 e. The highest BCUT2D eigenvalue weighted by atomic mass is 35.5. The van der Waals surface area contributed by atoms with Gasteiger partial charge >= 0.3 is 0 Å². The van der Waals surface area contributed by atoms with Crippen LogP contribution in [0.2, 0.25) is 0 Å². The number of carbonyl (C=O) groups excluding carboxylic acids is 2. The Morgan fingerprint density at radius 2 is 1.60 bits per heavy atom. The van der Waals surface area contributed by atoms with Crippen molar-refractivity contribution < 1.29 is 14.0 Å². The van der Waals surface area contributed by atoms with Gasteiger partial charge in [0, 0.05) is 16.8 Å². The van der Waals surface area contributed by atoms with Gasteiger partial charge in [0.1, 0.15) is 5.82 Å². The van der Waals surface area contributed by atoms with Gasteiger partial charge in [-0.1, -0.05) is 36.4 Å². The number of carbonyl (C=O) groups is 2. The monoisotopic (exact) mass is 353 g/mol. The summed E-state index contributed by atoms with van der Waals surface area (Å²) >= 11 is 5.46. The van der Waals surface area contributed by atoms with Crippen LogP contribution in [0.1, 0.15) is 20.7 Å². The fourth-order valence-electron chi connectivity index (χ4n) is 2.48. The largest absolute Gasteiger partial charge is 0.322 e. The molecular formula is C20H13ClFNO2. The summed E-state index contributed by atoms with van der Waals surface area (Å²) in [7, 11) is 0. The van der Waals surface area contributed by atoms with Gasteiger partial charge in [-0.25, -0.2) is 4.39 Å². The van der Waals surface area contributed by atoms with E-state index in [1.165, 1.54) is 18.2 Å². The third-order valence-electron chi connectivity index (χ3n) is 3.67. The van der Waals surface area contributed by atoms with Crippen molar-refractivity contribution >= 4 is 28.4 Å². The number of rotatable bonds is 4. The van der Waals surface area contributed by atoms with Crippen LogP contribution in [0.25, 0.3) is 11.1 Å². The van der Waals surface area contributed by atoms with E-state index in [9.17, 15) is 14.0 Å². The van der Waals surface area contributed by atoms with Crippen LogP contribution in [0.4, 0.5) is 10.1 Å². The van der Waals surface area contributed by atoms with Crippen LogP contribution in [0, 0.1) is 5.82 Å². The van der Waals surface area contributed by atoms with Gasteiger partial charge in [-0.05, 0) is 59.1 Å². The van der Waals surface area contributed by atoms with Gasteiger partial charge in [0.15, 0.2) is 0 Å². The van der Waals surface area contributed by atoms with Crippen molar-refractivity contribution in [1.29, 1.82) is 0 Å². The second-order valence-electron chi connectivity index (χ2n) is 5.36. The molecule has 3 nitrogen and oxygen atoms in total. The molecule has 3 aromatic rings. The summed E-state index contributed by atoms with van der Waals surface area (Å²) < 4.78 is 13.1. The predicted molar refractivity (Wildman–Crippen MR) is 96.4 cm³/mol. The van der Waals surface area contributed by atoms with Gasteiger partial charge in [-0.15, -0.1) is 0 Å². The number of nitrogens with one attached hydrogen (secondary N) is 1. The normalized spacial score (nSPS) is 10.3. The maximum Gasteiger partial charge on any atom is 0.256 e. The summed E-state index contributed by atoms with van der Waals surface area (Å²) in [6, 6.07) is 19.3. The van der Waals surface area contributed by atoms with E-state index in [-0.39, 0.29) is 11.7 Å². The molecule has 0 heterocycles. The average Bonchev–Trinajstić information content (AvgIpc) is 2.62. The first-order valence-corrected chi connectivity index (χ1v) is 7.88. The van der Waals surface area contributed by atoms with Crippen molar-refractivity contribution in [2.75, 3.05) is 5.32 Å². The zero-order valence-corrected chi connectivity index (χ0v) is 13.8. The first-order valence-electron chi connectivity index (χ1n) is 7.51. The highest BCUT2D eigenvalue weighted by Gasteiger charge is 2.13. The fourth-order valence-corrected chi connectivity index (χ4v) is 2.60. The molecule has 1 amide bonds. The molecule has 3 aromatic carbocycles. The van der Waals surface area contributed by atoms with Gasteiger partial charge < -0.3 is 5.32 Å². The molecular weight excluding hydrogens is 341 g/mol. The summed E-state index contributed by atoms with van der Waals surface area (Å²) in [6.07, 6.45) is 0. The molecule has 124 valence electrons. The summed E-state index contributed by atoms with van der Waals surface area (Å²) in [4.78, 5) is 23.9. The zero-order chi connectivity index (χ0) is 17.8. The molecule has 25 heavy (non-hydrogen) atoms. The summed E-state index contributed by atoms with van der Waals surface area (Å²) in [6.45, 7) is 0. The zero-order valence-electron chi connectivity index (χ0n) is 13.0. The van der Waals surface area contributed by atoms with Crippen LogP contribution in [-0.4, -0.2) is 11.1 Å². The molecule has 5 heteroatoms. The Morgan fingerprint density at radius 3 is 2.32 bits per heavy atom. The Labute approximate surface area is 149 Å². The Bertz CT molecular complexity index is 938. The minimum Gasteiger partial charge on any atom is -0.322 e. The molecule has 0 saturated carbocycles. The number of hydrogen-bond donors (Lipinski definition) is 1. The number of anilines is 1. The highest BCUT2D eigenvalue weighted by Crippen LogP contribution is 2.25. The minimum atomic E-state index is -0.595. The van der Waals surface area contributed by atoms with Gasteiger partial charge in [-0.2, -0.15) is 0 Å². The minimum absolute atomic E-state index is 0.297. The Kier molecular flexibility index (Phi) is 4.91. The molecule has 0 aliphatic carbocycles. The molecule has 0 aromatic heterocycles. The Balaban J connectivity index is 1.92. The Hall–Kier alpha value is -2.98. The van der Waals surface area contributed by atoms with Crippen molar-refractivity contribution in [3.05, 3.63) is 89.7 Å². The van der Waals surface area contributed by atoms with Crippen LogP contribution in [0.3, 0.4) is 0 Å². The molecule has 0 aliphatic rings. The van der Waals surface area contributed by atoms with Gasteiger partial charge in [0.05, 0.1) is 0 Å². The summed E-state index contributed by atoms with van der Waals surface area (Å²) in [5.41, 5.74) is 2.62. The maximum absolute atomic E-state index is 13.1. The lowest BCUT2D eigenvalue weighted by Gasteiger charge is -2.11. The number of halogens is 2. The summed E-state index contributed by atoms with van der Waals surface area (Å²) in [5, 5.41) is 2.16. The SMILES string of the molecule is O=C(Cl)c1cccc(NC(=O)c2ccccc2-c2ccc(F)cc2)c1. The lowest BCUT2D eigenvalue weighted by Crippen LogP contribution is -2.13. The molecule has 0 aliphatic heterocycles. The van der Waals surface area contributed by atoms with Crippen molar-refractivity contribution in [3.8, 4) is 11.1 Å². The van der Waals surface area contributed by atoms with Gasteiger partial charge in [0.2, 0.25) is 0 Å². The molecule has 0 atom stereocenters. The third kappa shape index (κ3) is 3.92. The van der Waals surface area contributed by atoms with E-state index in [0.29, 0.717) is 22.4 Å². The van der Waals surface area contributed by atoms with E-state index in [2.05, 4.69) is 5.32 Å². The second-order valence-corrected chi connectivity index (χ2v) is 5.70. The molecule has 0 spiro atoms. The van der Waals surface area contributed by atoms with Crippen molar-refractivity contribution in [1.82, 2.24) is 0 Å². The topological polar surface area (TPSA) is 46.2 Å². The molecule has 3 rings (SSSR count). The molecule has 1 N–H and O–H groups in total. The van der Waals surface area contributed by atoms with Crippen LogP contribution in [0.5, 0.6) is 0 Å². The molecule has 0 saturated heterocycles. The molecule has 0 bridgehead atoms. The molecule has 0 radical (unpaired) electrons. The number of hydrogen-bond acceptors (Lipinski definition) is 2. The quantitative estimate of drug-likeness (QED) is 0.661. The maximum atomic E-state index is 13.1.